The van der Waals surface area contributed by atoms with Crippen molar-refractivity contribution in [3.05, 3.63) is 77.1 Å². The van der Waals surface area contributed by atoms with Crippen molar-refractivity contribution in [1.29, 1.82) is 0 Å². The van der Waals surface area contributed by atoms with Crippen LogP contribution in [0.25, 0.3) is 11.1 Å². The van der Waals surface area contributed by atoms with Gasteiger partial charge in [0.05, 0.1) is 0 Å². The van der Waals surface area contributed by atoms with Crippen molar-refractivity contribution >= 4 is 47.7 Å². The molecule has 34 heavy (non-hydrogen) atoms. The van der Waals surface area contributed by atoms with Crippen LogP contribution in [0, 0.1) is 31.1 Å². The predicted molar refractivity (Wildman–Crippen MR) is 131 cm³/mol. The summed E-state index contributed by atoms with van der Waals surface area (Å²) in [5, 5.41) is 0. The Hall–Kier alpha value is -1.11. The molecular weight excluding hydrogens is 901 g/mol. The molecule has 174 valence electrons. The first-order valence-electron chi connectivity index (χ1n) is 9.89. The van der Waals surface area contributed by atoms with Crippen molar-refractivity contribution < 1.29 is 53.9 Å². The third-order valence-electron chi connectivity index (χ3n) is 5.56. The van der Waals surface area contributed by atoms with Gasteiger partial charge in [-0.05, 0) is 0 Å². The number of carbonyl (C=O) groups is 2. The zero-order valence-corrected chi connectivity index (χ0v) is 25.9. The van der Waals surface area contributed by atoms with Gasteiger partial charge in [-0.1, -0.05) is 0 Å². The second-order valence-electron chi connectivity index (χ2n) is 7.78. The van der Waals surface area contributed by atoms with Gasteiger partial charge in [-0.2, -0.15) is 0 Å². The maximum Gasteiger partial charge on any atom is 0 e. The molecule has 6 nitrogen and oxygen atoms in total. The van der Waals surface area contributed by atoms with Gasteiger partial charge >= 0.3 is 208 Å². The molecule has 1 aliphatic heterocycles. The summed E-state index contributed by atoms with van der Waals surface area (Å²) in [6.07, 6.45) is -1.32. The Morgan fingerprint density at radius 1 is 1.03 bits per heavy atom. The molecule has 1 saturated carbocycles. The average Bonchev–Trinajstić information content (AvgIpc) is 3.57. The predicted octanol–water partition coefficient (Wildman–Crippen LogP) is 5.26. The molecule has 3 aromatic rings. The number of rotatable bonds is 5. The van der Waals surface area contributed by atoms with Gasteiger partial charge in [0.1, 0.15) is 0 Å². The Morgan fingerprint density at radius 2 is 1.65 bits per heavy atom. The molecule has 2 aromatic heterocycles. The molecule has 5 rings (SSSR count). The number of alkyl halides is 4. The summed E-state index contributed by atoms with van der Waals surface area (Å²) in [4.78, 5) is 38.4. The van der Waals surface area contributed by atoms with Gasteiger partial charge in [-0.25, -0.2) is 0 Å². The molecule has 0 N–H and O–H groups in total. The van der Waals surface area contributed by atoms with Gasteiger partial charge in [0, 0.05) is 31.1 Å². The number of imide groups is 1. The van der Waals surface area contributed by atoms with Gasteiger partial charge in [0.25, 0.3) is 0 Å². The second-order valence-corrected chi connectivity index (χ2v) is 13.4. The monoisotopic (exact) mass is 916 g/mol. The Morgan fingerprint density at radius 3 is 2.18 bits per heavy atom. The molecule has 2 amide bonds. The van der Waals surface area contributed by atoms with Gasteiger partial charge < -0.3 is 0 Å². The van der Waals surface area contributed by atoms with E-state index in [9.17, 15) is 22.8 Å². The normalized spacial score (nSPS) is 19.2. The molecule has 1 aromatic carbocycles. The number of amides is 2. The number of fused-ring (bicyclic) bond motifs is 1. The Kier molecular flexibility index (Phi) is 7.71. The van der Waals surface area contributed by atoms with Crippen molar-refractivity contribution in [3.8, 4) is 11.1 Å². The molecule has 0 radical (unpaired) electrons. The summed E-state index contributed by atoms with van der Waals surface area (Å²) < 4.78 is 39.2. The number of hydrogen-bond donors (Lipinski definition) is 0. The number of nitrogens with zero attached hydrogens (tertiary/aromatic N) is 4. The van der Waals surface area contributed by atoms with Crippen molar-refractivity contribution in [2.24, 2.45) is 0 Å². The summed E-state index contributed by atoms with van der Waals surface area (Å²) >= 11 is 2.27. The van der Waals surface area contributed by atoms with Crippen molar-refractivity contribution in [2.45, 2.75) is 29.0 Å². The summed E-state index contributed by atoms with van der Waals surface area (Å²) in [7, 11) is 0. The third-order valence-corrected chi connectivity index (χ3v) is 12.1. The minimum Gasteiger partial charge on any atom is 0 e. The molecule has 0 spiro atoms. The molecule has 12 heteroatoms. The molecule has 2 atom stereocenters. The number of halogens is 5. The van der Waals surface area contributed by atoms with Crippen LogP contribution >= 0.6 is 35.8 Å². The van der Waals surface area contributed by atoms with E-state index in [0.717, 1.165) is 29.4 Å². The number of pyridine rings is 1. The van der Waals surface area contributed by atoms with Gasteiger partial charge in [0.2, 0.25) is 0 Å². The van der Waals surface area contributed by atoms with E-state index in [-0.39, 0.29) is 66.7 Å². The van der Waals surface area contributed by atoms with E-state index < -0.39 is 12.0 Å². The summed E-state index contributed by atoms with van der Waals surface area (Å²) in [6.45, 7) is -0.0208. The van der Waals surface area contributed by atoms with E-state index in [1.807, 2.05) is 6.07 Å². The molecule has 2 unspecified atom stereocenters. The van der Waals surface area contributed by atoms with Crippen LogP contribution in [0.1, 0.15) is 50.3 Å². The fourth-order valence-electron chi connectivity index (χ4n) is 3.80. The SMILES string of the molecule is O=C1c2ccccc2C(=O)N1Cc1cc(-c2cnc(C(F)(F)F)nc2)cc(C2CC2[IH]I)n1.[U]. The molecule has 0 saturated heterocycles. The van der Waals surface area contributed by atoms with E-state index >= 15 is 0 Å². The van der Waals surface area contributed by atoms with E-state index in [4.69, 9.17) is 4.98 Å². The van der Waals surface area contributed by atoms with Gasteiger partial charge in [-0.15, -0.1) is 0 Å². The second kappa shape index (κ2) is 10.1. The van der Waals surface area contributed by atoms with E-state index in [1.165, 1.54) is 0 Å². The summed E-state index contributed by atoms with van der Waals surface area (Å²) in [6, 6.07) is 10.2. The van der Waals surface area contributed by atoms with Crippen LogP contribution in [0.3, 0.4) is 0 Å². The average molecular weight is 916 g/mol. The van der Waals surface area contributed by atoms with Crippen molar-refractivity contribution in [1.82, 2.24) is 19.9 Å². The van der Waals surface area contributed by atoms with Crippen LogP contribution in [0.4, 0.5) is 13.2 Å². The van der Waals surface area contributed by atoms with Crippen LogP contribution in [-0.2, 0) is 12.7 Å². The fourth-order valence-corrected chi connectivity index (χ4v) is 9.12. The van der Waals surface area contributed by atoms with Crippen LogP contribution < -0.4 is 0 Å². The maximum atomic E-state index is 12.9. The molecule has 1 fully saturated rings. The molecule has 3 heterocycles. The topological polar surface area (TPSA) is 76.1 Å². The number of benzene rings is 1. The van der Waals surface area contributed by atoms with Crippen LogP contribution in [0.2, 0.25) is 0 Å². The van der Waals surface area contributed by atoms with Gasteiger partial charge in [-0.3, -0.25) is 0 Å². The first-order valence-corrected chi connectivity index (χ1v) is 18.0. The van der Waals surface area contributed by atoms with E-state index in [2.05, 4.69) is 28.6 Å². The van der Waals surface area contributed by atoms with Crippen molar-refractivity contribution in [2.75, 3.05) is 0 Å². The van der Waals surface area contributed by atoms with Crippen LogP contribution in [-0.4, -0.2) is 35.6 Å². The minimum absolute atomic E-state index is 0. The van der Waals surface area contributed by atoms with Crippen molar-refractivity contribution in [3.63, 3.8) is 0 Å². The van der Waals surface area contributed by atoms with E-state index in [1.54, 1.807) is 30.3 Å². The fraction of sp³-hybridized carbons (Fsp3) is 0.227. The van der Waals surface area contributed by atoms with Gasteiger partial charge in [0.15, 0.2) is 0 Å². The number of hydrogen-bond acceptors (Lipinski definition) is 5. The zero-order chi connectivity index (χ0) is 23.3. The standard InChI is InChI=1S/C22H15F3I2N4O2.U/c23-22(24,25)21-28-8-12(9-29-21)11-5-13(30-18(6-11)16-7-17(16)27-26)10-31-19(32)14-3-1-2-4-15(14)20(31)33;/h1-6,8-9,16-17,27H,7,10H2;. The Bertz CT molecular complexity index is 1240. The Balaban J connectivity index is 0.00000274. The van der Waals surface area contributed by atoms with Crippen LogP contribution in [0.5, 0.6) is 0 Å². The molecule has 0 bridgehead atoms. The summed E-state index contributed by atoms with van der Waals surface area (Å²) in [5.41, 5.74) is 3.06. The third kappa shape index (κ3) is 5.06. The van der Waals surface area contributed by atoms with Crippen LogP contribution in [0.15, 0.2) is 48.8 Å². The zero-order valence-electron chi connectivity index (χ0n) is 17.2. The quantitative estimate of drug-likeness (QED) is 0.199. The largest absolute Gasteiger partial charge is 0 e. The molecule has 1 aliphatic carbocycles. The first kappa shape index (κ1) is 26.0. The minimum atomic E-state index is -4.62. The smallest absolute Gasteiger partial charge is 0 e. The molecular formula is C22H15F3I2N4O2U. The maximum absolute atomic E-state index is 12.9. The summed E-state index contributed by atoms with van der Waals surface area (Å²) in [5.74, 6) is -1.68. The Labute approximate surface area is 236 Å². The number of carbonyl (C=O) groups excluding carboxylic acids is 2. The van der Waals surface area contributed by atoms with E-state index in [0.29, 0.717) is 37.8 Å². The first-order chi connectivity index (χ1) is 15.8. The molecule has 2 aliphatic rings. The number of aromatic nitrogens is 3.